The van der Waals surface area contributed by atoms with Gasteiger partial charge in [0.25, 0.3) is 0 Å². The van der Waals surface area contributed by atoms with Crippen molar-refractivity contribution >= 4 is 15.7 Å². The second-order valence-corrected chi connectivity index (χ2v) is 5.97. The van der Waals surface area contributed by atoms with E-state index < -0.39 is 10.0 Å². The van der Waals surface area contributed by atoms with Gasteiger partial charge < -0.3 is 5.73 Å². The fourth-order valence-electron chi connectivity index (χ4n) is 1.60. The van der Waals surface area contributed by atoms with Crippen LogP contribution in [0.25, 0.3) is 0 Å². The van der Waals surface area contributed by atoms with Crippen molar-refractivity contribution in [3.63, 3.8) is 0 Å². The lowest BCUT2D eigenvalue weighted by Crippen LogP contribution is -2.28. The maximum Gasteiger partial charge on any atom is 0.243 e. The van der Waals surface area contributed by atoms with Crippen molar-refractivity contribution in [2.24, 2.45) is 0 Å². The van der Waals surface area contributed by atoms with Crippen molar-refractivity contribution in [2.75, 3.05) is 19.3 Å². The summed E-state index contributed by atoms with van der Waals surface area (Å²) in [5, 5.41) is 8.50. The van der Waals surface area contributed by atoms with Crippen LogP contribution in [0.5, 0.6) is 0 Å². The average Bonchev–Trinajstić information content (AvgIpc) is 2.35. The molecule has 98 valence electrons. The molecule has 0 spiro atoms. The molecule has 0 atom stereocenters. The number of hydrogen-bond donors (Lipinski definition) is 1. The molecule has 0 radical (unpaired) electrons. The molecule has 5 nitrogen and oxygen atoms in total. The Morgan fingerprint density at radius 2 is 2.11 bits per heavy atom. The Morgan fingerprint density at radius 1 is 1.44 bits per heavy atom. The number of hydrogen-bond acceptors (Lipinski definition) is 4. The summed E-state index contributed by atoms with van der Waals surface area (Å²) in [5.74, 6) is 0. The second kappa shape index (κ2) is 5.85. The molecule has 0 amide bonds. The standard InChI is InChI=1S/C12H17N3O2S/c1-3-10-5-6-11(14)9-12(10)18(16,17)15(2)8-4-7-13/h5-6,9H,3-4,8,14H2,1-2H3. The van der Waals surface area contributed by atoms with E-state index in [1.807, 2.05) is 13.0 Å². The molecule has 1 aromatic carbocycles. The number of rotatable bonds is 5. The summed E-state index contributed by atoms with van der Waals surface area (Å²) < 4.78 is 25.8. The Balaban J connectivity index is 3.19. The third kappa shape index (κ3) is 3.00. The Morgan fingerprint density at radius 3 is 2.67 bits per heavy atom. The van der Waals surface area contributed by atoms with Crippen LogP contribution in [0.4, 0.5) is 5.69 Å². The third-order valence-electron chi connectivity index (χ3n) is 2.70. The molecule has 0 aliphatic carbocycles. The first-order chi connectivity index (χ1) is 8.43. The Hall–Kier alpha value is -1.58. The second-order valence-electron chi connectivity index (χ2n) is 3.96. The SMILES string of the molecule is CCc1ccc(N)cc1S(=O)(=O)N(C)CCC#N. The minimum atomic E-state index is -3.57. The molecule has 0 aromatic heterocycles. The van der Waals surface area contributed by atoms with Crippen LogP contribution < -0.4 is 5.73 Å². The number of aryl methyl sites for hydroxylation is 1. The largest absolute Gasteiger partial charge is 0.399 e. The minimum Gasteiger partial charge on any atom is -0.399 e. The zero-order valence-corrected chi connectivity index (χ0v) is 11.4. The number of sulfonamides is 1. The first-order valence-electron chi connectivity index (χ1n) is 5.65. The van der Waals surface area contributed by atoms with Gasteiger partial charge in [0, 0.05) is 25.7 Å². The molecule has 0 aliphatic heterocycles. The lowest BCUT2D eigenvalue weighted by molar-refractivity contribution is 0.476. The van der Waals surface area contributed by atoms with Crippen LogP contribution >= 0.6 is 0 Å². The van der Waals surface area contributed by atoms with E-state index in [1.165, 1.54) is 17.4 Å². The van der Waals surface area contributed by atoms with Crippen LogP contribution in [0.3, 0.4) is 0 Å². The van der Waals surface area contributed by atoms with Crippen LogP contribution in [0.2, 0.25) is 0 Å². The van der Waals surface area contributed by atoms with Crippen LogP contribution in [0, 0.1) is 11.3 Å². The summed E-state index contributed by atoms with van der Waals surface area (Å²) in [4.78, 5) is 0.227. The average molecular weight is 267 g/mol. The zero-order valence-electron chi connectivity index (χ0n) is 10.5. The molecule has 0 heterocycles. The molecule has 6 heteroatoms. The molecule has 0 saturated heterocycles. The highest BCUT2D eigenvalue weighted by molar-refractivity contribution is 7.89. The quantitative estimate of drug-likeness (QED) is 0.816. The maximum absolute atomic E-state index is 12.3. The van der Waals surface area contributed by atoms with Gasteiger partial charge in [0.2, 0.25) is 10.0 Å². The van der Waals surface area contributed by atoms with Gasteiger partial charge in [0.15, 0.2) is 0 Å². The number of anilines is 1. The van der Waals surface area contributed by atoms with Crippen LogP contribution in [-0.2, 0) is 16.4 Å². The molecular weight excluding hydrogens is 250 g/mol. The predicted octanol–water partition coefficient (Wildman–Crippen LogP) is 1.37. The number of nitrogens with two attached hydrogens (primary N) is 1. The van der Waals surface area contributed by atoms with E-state index in [0.717, 1.165) is 5.56 Å². The van der Waals surface area contributed by atoms with Gasteiger partial charge in [-0.2, -0.15) is 9.57 Å². The van der Waals surface area contributed by atoms with Crippen molar-refractivity contribution in [1.29, 1.82) is 5.26 Å². The van der Waals surface area contributed by atoms with E-state index in [-0.39, 0.29) is 17.9 Å². The minimum absolute atomic E-state index is 0.166. The first kappa shape index (κ1) is 14.5. The van der Waals surface area contributed by atoms with Gasteiger partial charge in [-0.1, -0.05) is 13.0 Å². The Kier molecular flexibility index (Phi) is 4.70. The number of nitrogen functional groups attached to an aromatic ring is 1. The van der Waals surface area contributed by atoms with E-state index >= 15 is 0 Å². The molecule has 0 unspecified atom stereocenters. The highest BCUT2D eigenvalue weighted by Crippen LogP contribution is 2.22. The smallest absolute Gasteiger partial charge is 0.243 e. The van der Waals surface area contributed by atoms with Gasteiger partial charge in [-0.25, -0.2) is 8.42 Å². The van der Waals surface area contributed by atoms with Gasteiger partial charge in [-0.15, -0.1) is 0 Å². The van der Waals surface area contributed by atoms with Crippen molar-refractivity contribution < 1.29 is 8.42 Å². The third-order valence-corrected chi connectivity index (χ3v) is 4.64. The normalized spacial score (nSPS) is 11.4. The van der Waals surface area contributed by atoms with Gasteiger partial charge >= 0.3 is 0 Å². The summed E-state index contributed by atoms with van der Waals surface area (Å²) in [6.45, 7) is 2.07. The highest BCUT2D eigenvalue weighted by atomic mass is 32.2. The molecule has 0 fully saturated rings. The van der Waals surface area contributed by atoms with Crippen molar-refractivity contribution in [3.05, 3.63) is 23.8 Å². The van der Waals surface area contributed by atoms with E-state index in [4.69, 9.17) is 11.0 Å². The molecule has 0 bridgehead atoms. The molecular formula is C12H17N3O2S. The highest BCUT2D eigenvalue weighted by Gasteiger charge is 2.23. The van der Waals surface area contributed by atoms with Gasteiger partial charge in [-0.3, -0.25) is 0 Å². The molecule has 1 aromatic rings. The van der Waals surface area contributed by atoms with Crippen molar-refractivity contribution in [1.82, 2.24) is 4.31 Å². The predicted molar refractivity (Wildman–Crippen MR) is 70.3 cm³/mol. The lowest BCUT2D eigenvalue weighted by atomic mass is 10.1. The van der Waals surface area contributed by atoms with Crippen LogP contribution in [-0.4, -0.2) is 26.3 Å². The summed E-state index contributed by atoms with van der Waals surface area (Å²) in [7, 11) is -2.11. The first-order valence-corrected chi connectivity index (χ1v) is 7.09. The number of benzene rings is 1. The topological polar surface area (TPSA) is 87.2 Å². The molecule has 0 saturated carbocycles. The maximum atomic E-state index is 12.3. The van der Waals surface area contributed by atoms with Gasteiger partial charge in [0.1, 0.15) is 0 Å². The molecule has 18 heavy (non-hydrogen) atoms. The van der Waals surface area contributed by atoms with E-state index in [2.05, 4.69) is 0 Å². The number of nitriles is 1. The van der Waals surface area contributed by atoms with E-state index in [1.54, 1.807) is 12.1 Å². The summed E-state index contributed by atoms with van der Waals surface area (Å²) in [6.07, 6.45) is 0.778. The number of nitrogens with zero attached hydrogens (tertiary/aromatic N) is 2. The fourth-order valence-corrected chi connectivity index (χ4v) is 3.10. The van der Waals surface area contributed by atoms with Crippen LogP contribution in [0.1, 0.15) is 18.9 Å². The van der Waals surface area contributed by atoms with Crippen molar-refractivity contribution in [2.45, 2.75) is 24.7 Å². The molecule has 0 aliphatic rings. The molecule has 2 N–H and O–H groups in total. The summed E-state index contributed by atoms with van der Waals surface area (Å²) in [6, 6.07) is 6.81. The monoisotopic (exact) mass is 267 g/mol. The van der Waals surface area contributed by atoms with Gasteiger partial charge in [-0.05, 0) is 24.1 Å². The van der Waals surface area contributed by atoms with E-state index in [9.17, 15) is 8.42 Å². The van der Waals surface area contributed by atoms with Crippen molar-refractivity contribution in [3.8, 4) is 6.07 Å². The fraction of sp³-hybridized carbons (Fsp3) is 0.417. The Bertz CT molecular complexity index is 561. The van der Waals surface area contributed by atoms with Crippen LogP contribution in [0.15, 0.2) is 23.1 Å². The van der Waals surface area contributed by atoms with E-state index in [0.29, 0.717) is 12.1 Å². The lowest BCUT2D eigenvalue weighted by Gasteiger charge is -2.18. The Labute approximate surface area is 108 Å². The van der Waals surface area contributed by atoms with Gasteiger partial charge in [0.05, 0.1) is 11.0 Å². The summed E-state index contributed by atoms with van der Waals surface area (Å²) >= 11 is 0. The summed E-state index contributed by atoms with van der Waals surface area (Å²) in [5.41, 5.74) is 6.79. The molecule has 1 rings (SSSR count). The zero-order chi connectivity index (χ0) is 13.8.